The van der Waals surface area contributed by atoms with Gasteiger partial charge in [-0.25, -0.2) is 0 Å². The van der Waals surface area contributed by atoms with Crippen molar-refractivity contribution in [3.8, 4) is 11.5 Å². The van der Waals surface area contributed by atoms with Gasteiger partial charge in [0.25, 0.3) is 5.91 Å². The zero-order chi connectivity index (χ0) is 24.1. The molecule has 8 nitrogen and oxygen atoms in total. The molecule has 1 fully saturated rings. The number of morpholine rings is 1. The van der Waals surface area contributed by atoms with Gasteiger partial charge in [0.15, 0.2) is 6.23 Å². The fourth-order valence-corrected chi connectivity index (χ4v) is 4.76. The maximum Gasteiger partial charge on any atom is 0.339 e. The molecule has 3 aromatic rings. The van der Waals surface area contributed by atoms with Crippen LogP contribution in [0.1, 0.15) is 23.5 Å². The summed E-state index contributed by atoms with van der Waals surface area (Å²) in [5.41, 5.74) is 1.51. The van der Waals surface area contributed by atoms with Crippen molar-refractivity contribution < 1.29 is 31.6 Å². The zero-order valence-electron chi connectivity index (χ0n) is 18.8. The third-order valence-electron chi connectivity index (χ3n) is 5.49. The van der Waals surface area contributed by atoms with Gasteiger partial charge in [0.05, 0.1) is 13.7 Å². The number of rotatable bonds is 8. The lowest BCUT2D eigenvalue weighted by atomic mass is 10.1. The molecule has 1 aliphatic heterocycles. The van der Waals surface area contributed by atoms with E-state index >= 15 is 0 Å². The molecule has 2 atom stereocenters. The third-order valence-corrected chi connectivity index (χ3v) is 6.75. The highest BCUT2D eigenvalue weighted by molar-refractivity contribution is 7.87. The van der Waals surface area contributed by atoms with Gasteiger partial charge in [-0.1, -0.05) is 48.5 Å². The lowest BCUT2D eigenvalue weighted by Gasteiger charge is -2.38. The Morgan fingerprint density at radius 2 is 1.62 bits per heavy atom. The van der Waals surface area contributed by atoms with E-state index in [9.17, 15) is 13.2 Å². The predicted molar refractivity (Wildman–Crippen MR) is 124 cm³/mol. The minimum absolute atomic E-state index is 0.0748. The van der Waals surface area contributed by atoms with Crippen LogP contribution in [0.4, 0.5) is 0 Å². The zero-order valence-corrected chi connectivity index (χ0v) is 19.6. The molecule has 0 aliphatic carbocycles. The van der Waals surface area contributed by atoms with Gasteiger partial charge in [0, 0.05) is 12.7 Å². The maximum absolute atomic E-state index is 12.7. The smallest absolute Gasteiger partial charge is 0.339 e. The molecule has 0 aromatic heterocycles. The van der Waals surface area contributed by atoms with Crippen LogP contribution in [0.3, 0.4) is 0 Å². The van der Waals surface area contributed by atoms with E-state index in [1.165, 1.54) is 19.2 Å². The summed E-state index contributed by atoms with van der Waals surface area (Å²) in [6.45, 7) is 0.137. The second kappa shape index (κ2) is 10.3. The molecule has 34 heavy (non-hydrogen) atoms. The van der Waals surface area contributed by atoms with Gasteiger partial charge in [-0.3, -0.25) is 4.79 Å². The molecule has 3 aromatic carbocycles. The summed E-state index contributed by atoms with van der Waals surface area (Å²) in [7, 11) is -0.829. The van der Waals surface area contributed by atoms with Crippen molar-refractivity contribution in [3.05, 3.63) is 90.0 Å². The van der Waals surface area contributed by atoms with Crippen molar-refractivity contribution in [3.63, 3.8) is 0 Å². The van der Waals surface area contributed by atoms with Crippen LogP contribution >= 0.6 is 0 Å². The van der Waals surface area contributed by atoms with Crippen LogP contribution < -0.4 is 8.92 Å². The van der Waals surface area contributed by atoms with Crippen LogP contribution in [0.25, 0.3) is 0 Å². The van der Waals surface area contributed by atoms with Crippen LogP contribution in [-0.4, -0.2) is 46.6 Å². The molecule has 0 bridgehead atoms. The van der Waals surface area contributed by atoms with Crippen LogP contribution in [-0.2, 0) is 24.4 Å². The normalized spacial score (nSPS) is 17.3. The number of ether oxygens (including phenoxy) is 3. The summed E-state index contributed by atoms with van der Waals surface area (Å²) in [5.74, 6) is 0.592. The van der Waals surface area contributed by atoms with Crippen LogP contribution in [0.5, 0.6) is 11.5 Å². The molecular weight excluding hydrogens is 458 g/mol. The van der Waals surface area contributed by atoms with E-state index < -0.39 is 22.4 Å². The molecule has 1 aliphatic rings. The Kier molecular flexibility index (Phi) is 7.16. The lowest BCUT2D eigenvalue weighted by Crippen LogP contribution is -2.45. The first kappa shape index (κ1) is 23.7. The Bertz CT molecular complexity index is 1230. The number of nitrogens with zero attached hydrogens (tertiary/aromatic N) is 1. The van der Waals surface area contributed by atoms with Gasteiger partial charge in [-0.2, -0.15) is 8.42 Å². The molecule has 0 N–H and O–H groups in total. The van der Waals surface area contributed by atoms with Gasteiger partial charge < -0.3 is 23.3 Å². The lowest BCUT2D eigenvalue weighted by molar-refractivity contribution is -0.167. The van der Waals surface area contributed by atoms with E-state index in [4.69, 9.17) is 18.4 Å². The third kappa shape index (κ3) is 5.06. The number of carbonyl (C=O) groups excluding carboxylic acids is 1. The fraction of sp³-hybridized carbons (Fsp3) is 0.240. The van der Waals surface area contributed by atoms with E-state index in [1.807, 2.05) is 24.3 Å². The summed E-state index contributed by atoms with van der Waals surface area (Å²) in [6.07, 6.45) is -1.07. The monoisotopic (exact) mass is 483 g/mol. The maximum atomic E-state index is 12.7. The van der Waals surface area contributed by atoms with E-state index in [0.717, 1.165) is 11.1 Å². The minimum Gasteiger partial charge on any atom is -0.496 e. The number of hydrogen-bond acceptors (Lipinski definition) is 7. The molecule has 1 saturated heterocycles. The molecular formula is C25H25NO7S. The minimum atomic E-state index is -3.93. The molecule has 1 amide bonds. The Labute approximate surface area is 198 Å². The van der Waals surface area contributed by atoms with Crippen molar-refractivity contribution in [2.24, 2.45) is 0 Å². The van der Waals surface area contributed by atoms with Gasteiger partial charge in [0.2, 0.25) is 0 Å². The van der Waals surface area contributed by atoms with Crippen molar-refractivity contribution >= 4 is 16.0 Å². The average molecular weight is 484 g/mol. The number of carbonyl (C=O) groups is 1. The topological polar surface area (TPSA) is 91.4 Å². The van der Waals surface area contributed by atoms with E-state index in [1.54, 1.807) is 54.5 Å². The quantitative estimate of drug-likeness (QED) is 0.451. The highest BCUT2D eigenvalue weighted by Gasteiger charge is 2.34. The molecule has 4 rings (SSSR count). The number of benzene rings is 3. The molecule has 1 unspecified atom stereocenters. The van der Waals surface area contributed by atoms with E-state index in [-0.39, 0.29) is 29.7 Å². The number of para-hydroxylation sites is 1. The van der Waals surface area contributed by atoms with Crippen LogP contribution in [0.15, 0.2) is 83.8 Å². The van der Waals surface area contributed by atoms with Gasteiger partial charge in [-0.15, -0.1) is 0 Å². The number of hydrogen-bond donors (Lipinski definition) is 0. The number of methoxy groups -OCH3 is 2. The summed E-state index contributed by atoms with van der Waals surface area (Å²) in [5, 5.41) is 0. The Balaban J connectivity index is 1.51. The van der Waals surface area contributed by atoms with Crippen molar-refractivity contribution in [1.29, 1.82) is 0 Å². The summed E-state index contributed by atoms with van der Waals surface area (Å²) in [6, 6.07) is 21.9. The summed E-state index contributed by atoms with van der Waals surface area (Å²) < 4.78 is 47.0. The van der Waals surface area contributed by atoms with E-state index in [2.05, 4.69) is 0 Å². The average Bonchev–Trinajstić information content (AvgIpc) is 2.87. The van der Waals surface area contributed by atoms with Crippen molar-refractivity contribution in [1.82, 2.24) is 4.90 Å². The molecule has 0 spiro atoms. The molecule has 1 heterocycles. The Hall–Kier alpha value is -3.40. The van der Waals surface area contributed by atoms with Crippen LogP contribution in [0, 0.1) is 0 Å². The van der Waals surface area contributed by atoms with Crippen molar-refractivity contribution in [2.45, 2.75) is 17.2 Å². The van der Waals surface area contributed by atoms with Gasteiger partial charge in [0.1, 0.15) is 29.1 Å². The number of amides is 1. The first-order chi connectivity index (χ1) is 16.4. The standard InChI is InChI=1S/C25H25NO7S/c1-30-22-11-7-6-10-21(22)25(31-2)26-16-23(32-17-24(26)27)18-12-14-19(15-13-18)33-34(28,29)20-8-4-3-5-9-20/h3-15,23,25H,16-17H2,1-2H3/t23-,25?/m0/s1. The largest absolute Gasteiger partial charge is 0.496 e. The highest BCUT2D eigenvalue weighted by atomic mass is 32.2. The van der Waals surface area contributed by atoms with Crippen molar-refractivity contribution in [2.75, 3.05) is 27.4 Å². The second-order valence-electron chi connectivity index (χ2n) is 7.60. The predicted octanol–water partition coefficient (Wildman–Crippen LogP) is 3.71. The van der Waals surface area contributed by atoms with E-state index in [0.29, 0.717) is 5.75 Å². The second-order valence-corrected chi connectivity index (χ2v) is 9.14. The molecule has 9 heteroatoms. The Morgan fingerprint density at radius 3 is 2.29 bits per heavy atom. The molecule has 0 saturated carbocycles. The Morgan fingerprint density at radius 1 is 0.941 bits per heavy atom. The van der Waals surface area contributed by atoms with Gasteiger partial charge >= 0.3 is 10.1 Å². The summed E-state index contributed by atoms with van der Waals surface area (Å²) in [4.78, 5) is 14.4. The highest BCUT2D eigenvalue weighted by Crippen LogP contribution is 2.34. The SMILES string of the molecule is COc1ccccc1C(OC)N1C[C@@H](c2ccc(OS(=O)(=O)c3ccccc3)cc2)OCC1=O. The van der Waals surface area contributed by atoms with Gasteiger partial charge in [-0.05, 0) is 35.9 Å². The summed E-state index contributed by atoms with van der Waals surface area (Å²) >= 11 is 0. The molecule has 178 valence electrons. The van der Waals surface area contributed by atoms with Crippen LogP contribution in [0.2, 0.25) is 0 Å². The fourth-order valence-electron chi connectivity index (χ4n) is 3.81. The first-order valence-corrected chi connectivity index (χ1v) is 12.0. The molecule has 0 radical (unpaired) electrons. The first-order valence-electron chi connectivity index (χ1n) is 10.6.